The zero-order valence-electron chi connectivity index (χ0n) is 11.0. The summed E-state index contributed by atoms with van der Waals surface area (Å²) in [5.74, 6) is -0.552. The number of amides is 1. The molecule has 20 heavy (non-hydrogen) atoms. The standard InChI is InChI=1S/C15H13BrFNOS/c1-9-7-13(17)12(16)8-14(9)18-15(19)10-3-5-11(20-2)6-4-10/h3-8H,1-2H3,(H,18,19). The number of benzene rings is 2. The van der Waals surface area contributed by atoms with E-state index in [9.17, 15) is 9.18 Å². The lowest BCUT2D eigenvalue weighted by Crippen LogP contribution is -2.12. The van der Waals surface area contributed by atoms with E-state index in [2.05, 4.69) is 21.2 Å². The SMILES string of the molecule is CSc1ccc(C(=O)Nc2cc(Br)c(F)cc2C)cc1. The Bertz CT molecular complexity index is 643. The van der Waals surface area contributed by atoms with Crippen molar-refractivity contribution in [3.63, 3.8) is 0 Å². The highest BCUT2D eigenvalue weighted by molar-refractivity contribution is 9.10. The van der Waals surface area contributed by atoms with Gasteiger partial charge in [-0.3, -0.25) is 4.79 Å². The van der Waals surface area contributed by atoms with Gasteiger partial charge in [0, 0.05) is 16.1 Å². The van der Waals surface area contributed by atoms with Gasteiger partial charge in [-0.25, -0.2) is 4.39 Å². The van der Waals surface area contributed by atoms with Crippen LogP contribution in [0.5, 0.6) is 0 Å². The first-order chi connectivity index (χ1) is 9.51. The molecule has 0 aromatic heterocycles. The van der Waals surface area contributed by atoms with Gasteiger partial charge in [-0.1, -0.05) is 0 Å². The fourth-order valence-electron chi connectivity index (χ4n) is 1.72. The minimum atomic E-state index is -0.343. The Labute approximate surface area is 129 Å². The van der Waals surface area contributed by atoms with Crippen molar-refractivity contribution in [2.24, 2.45) is 0 Å². The normalized spacial score (nSPS) is 10.4. The largest absolute Gasteiger partial charge is 0.322 e. The van der Waals surface area contributed by atoms with E-state index in [1.165, 1.54) is 6.07 Å². The molecule has 0 radical (unpaired) electrons. The highest BCUT2D eigenvalue weighted by Gasteiger charge is 2.10. The Balaban J connectivity index is 2.20. The van der Waals surface area contributed by atoms with Gasteiger partial charge in [0.1, 0.15) is 5.82 Å². The van der Waals surface area contributed by atoms with Crippen LogP contribution in [0, 0.1) is 12.7 Å². The first kappa shape index (κ1) is 15.1. The van der Waals surface area contributed by atoms with E-state index in [0.29, 0.717) is 21.3 Å². The number of thioether (sulfide) groups is 1. The molecule has 0 aliphatic heterocycles. The van der Waals surface area contributed by atoms with Crippen molar-refractivity contribution in [1.29, 1.82) is 0 Å². The molecule has 0 heterocycles. The van der Waals surface area contributed by atoms with Crippen molar-refractivity contribution < 1.29 is 9.18 Å². The summed E-state index contributed by atoms with van der Waals surface area (Å²) < 4.78 is 13.7. The van der Waals surface area contributed by atoms with Gasteiger partial charge in [-0.05, 0) is 71.1 Å². The Hall–Kier alpha value is -1.33. The molecule has 0 fully saturated rings. The average molecular weight is 354 g/mol. The predicted octanol–water partition coefficient (Wildman–Crippen LogP) is 4.87. The van der Waals surface area contributed by atoms with Gasteiger partial charge in [0.05, 0.1) is 4.47 Å². The lowest BCUT2D eigenvalue weighted by atomic mass is 10.1. The maximum atomic E-state index is 13.3. The summed E-state index contributed by atoms with van der Waals surface area (Å²) in [7, 11) is 0. The van der Waals surface area contributed by atoms with Gasteiger partial charge in [-0.2, -0.15) is 0 Å². The highest BCUT2D eigenvalue weighted by Crippen LogP contribution is 2.25. The van der Waals surface area contributed by atoms with Crippen LogP contribution in [0.4, 0.5) is 10.1 Å². The molecule has 0 bridgehead atoms. The van der Waals surface area contributed by atoms with Crippen molar-refractivity contribution in [3.8, 4) is 0 Å². The number of halogens is 2. The Morgan fingerprint density at radius 2 is 1.90 bits per heavy atom. The number of carbonyl (C=O) groups is 1. The van der Waals surface area contributed by atoms with Crippen LogP contribution in [0.1, 0.15) is 15.9 Å². The van der Waals surface area contributed by atoms with Gasteiger partial charge in [0.25, 0.3) is 5.91 Å². The number of anilines is 1. The smallest absolute Gasteiger partial charge is 0.255 e. The minimum absolute atomic E-state index is 0.209. The molecule has 0 unspecified atom stereocenters. The van der Waals surface area contributed by atoms with Crippen LogP contribution in [-0.2, 0) is 0 Å². The van der Waals surface area contributed by atoms with Crippen LogP contribution in [0.25, 0.3) is 0 Å². The summed E-state index contributed by atoms with van der Waals surface area (Å²) in [6.45, 7) is 1.75. The topological polar surface area (TPSA) is 29.1 Å². The van der Waals surface area contributed by atoms with Gasteiger partial charge in [-0.15, -0.1) is 11.8 Å². The van der Waals surface area contributed by atoms with E-state index in [-0.39, 0.29) is 11.7 Å². The number of nitrogens with one attached hydrogen (secondary N) is 1. The highest BCUT2D eigenvalue weighted by atomic mass is 79.9. The molecule has 0 saturated carbocycles. The van der Waals surface area contributed by atoms with Gasteiger partial charge in [0.15, 0.2) is 0 Å². The van der Waals surface area contributed by atoms with Gasteiger partial charge < -0.3 is 5.32 Å². The van der Waals surface area contributed by atoms with E-state index in [1.54, 1.807) is 36.9 Å². The molecule has 0 aliphatic carbocycles. The second-order valence-electron chi connectivity index (χ2n) is 4.26. The third-order valence-electron chi connectivity index (χ3n) is 2.87. The second-order valence-corrected chi connectivity index (χ2v) is 6.00. The number of aryl methyl sites for hydroxylation is 1. The molecule has 0 atom stereocenters. The third kappa shape index (κ3) is 3.41. The van der Waals surface area contributed by atoms with Crippen LogP contribution in [0.3, 0.4) is 0 Å². The Morgan fingerprint density at radius 3 is 2.50 bits per heavy atom. The van der Waals surface area contributed by atoms with E-state index >= 15 is 0 Å². The van der Waals surface area contributed by atoms with Crippen LogP contribution in [0.15, 0.2) is 45.8 Å². The summed E-state index contributed by atoms with van der Waals surface area (Å²) in [6, 6.07) is 10.3. The molecule has 2 rings (SSSR count). The van der Waals surface area contributed by atoms with E-state index in [4.69, 9.17) is 0 Å². The van der Waals surface area contributed by atoms with Crippen molar-refractivity contribution in [1.82, 2.24) is 0 Å². The first-order valence-corrected chi connectivity index (χ1v) is 7.94. The summed E-state index contributed by atoms with van der Waals surface area (Å²) in [5.41, 5.74) is 1.85. The molecule has 0 saturated heterocycles. The van der Waals surface area contributed by atoms with Crippen LogP contribution < -0.4 is 5.32 Å². The second kappa shape index (κ2) is 6.41. The summed E-state index contributed by atoms with van der Waals surface area (Å²) in [5, 5.41) is 2.79. The fraction of sp³-hybridized carbons (Fsp3) is 0.133. The monoisotopic (exact) mass is 353 g/mol. The molecule has 2 nitrogen and oxygen atoms in total. The molecule has 0 aliphatic rings. The zero-order chi connectivity index (χ0) is 14.7. The van der Waals surface area contributed by atoms with Gasteiger partial charge in [0.2, 0.25) is 0 Å². The number of hydrogen-bond acceptors (Lipinski definition) is 2. The summed E-state index contributed by atoms with van der Waals surface area (Å²) in [6.07, 6.45) is 1.98. The van der Waals surface area contributed by atoms with E-state index < -0.39 is 0 Å². The zero-order valence-corrected chi connectivity index (χ0v) is 13.4. The van der Waals surface area contributed by atoms with Crippen molar-refractivity contribution in [2.45, 2.75) is 11.8 Å². The van der Waals surface area contributed by atoms with Crippen molar-refractivity contribution >= 4 is 39.3 Å². The molecule has 2 aromatic rings. The number of hydrogen-bond donors (Lipinski definition) is 1. The molecule has 2 aromatic carbocycles. The van der Waals surface area contributed by atoms with E-state index in [0.717, 1.165) is 4.90 Å². The predicted molar refractivity (Wildman–Crippen MR) is 85.0 cm³/mol. The fourth-order valence-corrected chi connectivity index (χ4v) is 2.47. The molecule has 104 valence electrons. The number of carbonyl (C=O) groups excluding carboxylic acids is 1. The maximum absolute atomic E-state index is 13.3. The Morgan fingerprint density at radius 1 is 1.25 bits per heavy atom. The van der Waals surface area contributed by atoms with Crippen LogP contribution in [0.2, 0.25) is 0 Å². The van der Waals surface area contributed by atoms with Crippen molar-refractivity contribution in [3.05, 3.63) is 57.8 Å². The molecular weight excluding hydrogens is 341 g/mol. The Kier molecular flexibility index (Phi) is 4.83. The summed E-state index contributed by atoms with van der Waals surface area (Å²) >= 11 is 4.74. The van der Waals surface area contributed by atoms with Crippen LogP contribution in [-0.4, -0.2) is 12.2 Å². The molecule has 5 heteroatoms. The quantitative estimate of drug-likeness (QED) is 0.797. The lowest BCUT2D eigenvalue weighted by Gasteiger charge is -2.10. The molecule has 1 N–H and O–H groups in total. The van der Waals surface area contributed by atoms with E-state index in [1.807, 2.05) is 18.4 Å². The minimum Gasteiger partial charge on any atom is -0.322 e. The summed E-state index contributed by atoms with van der Waals surface area (Å²) in [4.78, 5) is 13.2. The lowest BCUT2D eigenvalue weighted by molar-refractivity contribution is 0.102. The third-order valence-corrected chi connectivity index (χ3v) is 4.22. The van der Waals surface area contributed by atoms with Gasteiger partial charge >= 0.3 is 0 Å². The first-order valence-electron chi connectivity index (χ1n) is 5.92. The van der Waals surface area contributed by atoms with Crippen LogP contribution >= 0.6 is 27.7 Å². The molecular formula is C15H13BrFNOS. The molecule has 1 amide bonds. The number of rotatable bonds is 3. The molecule has 0 spiro atoms. The van der Waals surface area contributed by atoms with Crippen molar-refractivity contribution in [2.75, 3.05) is 11.6 Å². The maximum Gasteiger partial charge on any atom is 0.255 e. The average Bonchev–Trinajstić information content (AvgIpc) is 2.44.